The van der Waals surface area contributed by atoms with Crippen LogP contribution in [0.2, 0.25) is 0 Å². The molecule has 0 bridgehead atoms. The summed E-state index contributed by atoms with van der Waals surface area (Å²) in [5.74, 6) is -1.07. The molecular formula is C21H16N6O2. The topological polar surface area (TPSA) is 98.7 Å². The Hall–Kier alpha value is -4.07. The van der Waals surface area contributed by atoms with Gasteiger partial charge in [-0.3, -0.25) is 14.3 Å². The molecule has 4 aromatic heterocycles. The van der Waals surface area contributed by atoms with Crippen molar-refractivity contribution in [3.63, 3.8) is 0 Å². The molecule has 1 N–H and O–H groups in total. The molecule has 0 aliphatic carbocycles. The van der Waals surface area contributed by atoms with Crippen molar-refractivity contribution in [1.82, 2.24) is 29.5 Å². The van der Waals surface area contributed by atoms with Gasteiger partial charge in [0.25, 0.3) is 0 Å². The van der Waals surface area contributed by atoms with E-state index in [9.17, 15) is 9.90 Å². The lowest BCUT2D eigenvalue weighted by Crippen LogP contribution is -2.02. The van der Waals surface area contributed by atoms with Crippen LogP contribution in [0.4, 0.5) is 0 Å². The summed E-state index contributed by atoms with van der Waals surface area (Å²) in [5.41, 5.74) is 4.63. The maximum absolute atomic E-state index is 11.6. The lowest BCUT2D eigenvalue weighted by atomic mass is 10.0. The van der Waals surface area contributed by atoms with E-state index in [1.165, 1.54) is 6.07 Å². The predicted octanol–water partition coefficient (Wildman–Crippen LogP) is 3.28. The zero-order valence-corrected chi connectivity index (χ0v) is 15.7. The van der Waals surface area contributed by atoms with Gasteiger partial charge < -0.3 is 5.11 Å². The van der Waals surface area contributed by atoms with Crippen LogP contribution in [-0.4, -0.2) is 40.6 Å². The average Bonchev–Trinajstić information content (AvgIpc) is 3.30. The van der Waals surface area contributed by atoms with Crippen LogP contribution < -0.4 is 0 Å². The summed E-state index contributed by atoms with van der Waals surface area (Å²) in [5, 5.41) is 20.0. The van der Waals surface area contributed by atoms with Crippen LogP contribution in [0, 0.1) is 0 Å². The van der Waals surface area contributed by atoms with Gasteiger partial charge in [-0.1, -0.05) is 12.1 Å². The van der Waals surface area contributed by atoms with Crippen LogP contribution in [0.15, 0.2) is 55.0 Å². The molecule has 0 saturated carbocycles. The fraction of sp³-hybridized carbons (Fsp3) is 0.0952. The van der Waals surface area contributed by atoms with Crippen LogP contribution in [-0.2, 0) is 14.1 Å². The standard InChI is InChI=1S/C21H16N6O2/c1-26-11-14(10-23-26)18-15-8-13(5-6-17(15)27(2)25-18)20-19-12(4-3-7-22-19)9-16(24-20)21(28)29/h3-11H,1-2H3,(H,28,29). The number of aromatic nitrogens is 6. The van der Waals surface area contributed by atoms with Gasteiger partial charge in [0.15, 0.2) is 0 Å². The number of aromatic carboxylic acids is 1. The van der Waals surface area contributed by atoms with Gasteiger partial charge in [0.05, 0.1) is 22.9 Å². The fourth-order valence-corrected chi connectivity index (χ4v) is 3.57. The highest BCUT2D eigenvalue weighted by atomic mass is 16.4. The Kier molecular flexibility index (Phi) is 3.67. The van der Waals surface area contributed by atoms with E-state index in [-0.39, 0.29) is 5.69 Å². The molecule has 0 spiro atoms. The SMILES string of the molecule is Cn1cc(-c2nn(C)c3ccc(-c4nc(C(=O)O)cc5cccnc45)cc23)cn1. The Morgan fingerprint density at radius 1 is 1.07 bits per heavy atom. The van der Waals surface area contributed by atoms with Gasteiger partial charge in [0.2, 0.25) is 0 Å². The molecule has 0 atom stereocenters. The molecule has 142 valence electrons. The highest BCUT2D eigenvalue weighted by molar-refractivity contribution is 6.01. The monoisotopic (exact) mass is 384 g/mol. The molecule has 4 heterocycles. The summed E-state index contributed by atoms with van der Waals surface area (Å²) in [6.07, 6.45) is 5.36. The van der Waals surface area contributed by atoms with Gasteiger partial charge in [-0.2, -0.15) is 10.2 Å². The highest BCUT2D eigenvalue weighted by Crippen LogP contribution is 2.33. The van der Waals surface area contributed by atoms with Crippen molar-refractivity contribution in [2.24, 2.45) is 14.1 Å². The summed E-state index contributed by atoms with van der Waals surface area (Å²) in [7, 11) is 3.75. The first-order valence-corrected chi connectivity index (χ1v) is 8.96. The molecule has 0 radical (unpaired) electrons. The second-order valence-electron chi connectivity index (χ2n) is 6.84. The summed E-state index contributed by atoms with van der Waals surface area (Å²) >= 11 is 0. The third kappa shape index (κ3) is 2.73. The number of rotatable bonds is 3. The van der Waals surface area contributed by atoms with Crippen LogP contribution in [0.5, 0.6) is 0 Å². The van der Waals surface area contributed by atoms with Crippen LogP contribution >= 0.6 is 0 Å². The molecule has 0 fully saturated rings. The van der Waals surface area contributed by atoms with Gasteiger partial charge in [0, 0.05) is 48.4 Å². The molecule has 8 nitrogen and oxygen atoms in total. The Morgan fingerprint density at radius 3 is 2.69 bits per heavy atom. The van der Waals surface area contributed by atoms with E-state index in [2.05, 4.69) is 20.2 Å². The molecule has 29 heavy (non-hydrogen) atoms. The first-order chi connectivity index (χ1) is 14.0. The molecule has 0 unspecified atom stereocenters. The van der Waals surface area contributed by atoms with E-state index in [0.717, 1.165) is 33.1 Å². The van der Waals surface area contributed by atoms with E-state index in [4.69, 9.17) is 0 Å². The van der Waals surface area contributed by atoms with Crippen molar-refractivity contribution in [3.05, 3.63) is 60.7 Å². The molecule has 0 aliphatic rings. The van der Waals surface area contributed by atoms with Gasteiger partial charge in [-0.25, -0.2) is 9.78 Å². The van der Waals surface area contributed by atoms with E-state index in [1.54, 1.807) is 23.1 Å². The van der Waals surface area contributed by atoms with Crippen LogP contribution in [0.3, 0.4) is 0 Å². The third-order valence-electron chi connectivity index (χ3n) is 4.91. The maximum Gasteiger partial charge on any atom is 0.354 e. The minimum Gasteiger partial charge on any atom is -0.477 e. The van der Waals surface area contributed by atoms with Crippen molar-refractivity contribution in [3.8, 4) is 22.5 Å². The Bertz CT molecular complexity index is 1420. The summed E-state index contributed by atoms with van der Waals surface area (Å²) in [4.78, 5) is 20.4. The van der Waals surface area contributed by atoms with Crippen LogP contribution in [0.25, 0.3) is 44.3 Å². The number of carboxylic acids is 1. The summed E-state index contributed by atoms with van der Waals surface area (Å²) < 4.78 is 3.55. The zero-order valence-electron chi connectivity index (χ0n) is 15.7. The van der Waals surface area contributed by atoms with Gasteiger partial charge >= 0.3 is 5.97 Å². The van der Waals surface area contributed by atoms with E-state index >= 15 is 0 Å². The smallest absolute Gasteiger partial charge is 0.354 e. The van der Waals surface area contributed by atoms with Gasteiger partial charge in [-0.05, 0) is 24.3 Å². The van der Waals surface area contributed by atoms with Crippen molar-refractivity contribution in [2.45, 2.75) is 0 Å². The van der Waals surface area contributed by atoms with Crippen LogP contribution in [0.1, 0.15) is 10.5 Å². The molecule has 1 aromatic carbocycles. The number of hydrogen-bond donors (Lipinski definition) is 1. The van der Waals surface area contributed by atoms with Crippen molar-refractivity contribution >= 4 is 27.8 Å². The van der Waals surface area contributed by atoms with Crippen molar-refractivity contribution in [1.29, 1.82) is 0 Å². The maximum atomic E-state index is 11.6. The summed E-state index contributed by atoms with van der Waals surface area (Å²) in [6.45, 7) is 0. The number of pyridine rings is 2. The van der Waals surface area contributed by atoms with Crippen molar-refractivity contribution < 1.29 is 9.90 Å². The molecule has 0 saturated heterocycles. The molecule has 8 heteroatoms. The molecule has 0 aliphatic heterocycles. The lowest BCUT2D eigenvalue weighted by Gasteiger charge is -2.08. The number of fused-ring (bicyclic) bond motifs is 2. The summed E-state index contributed by atoms with van der Waals surface area (Å²) in [6, 6.07) is 11.0. The molecule has 0 amide bonds. The minimum atomic E-state index is -1.07. The number of carbonyl (C=O) groups is 1. The lowest BCUT2D eigenvalue weighted by molar-refractivity contribution is 0.0691. The number of carboxylic acid groups (broad SMARTS) is 1. The normalized spacial score (nSPS) is 11.4. The second kappa shape index (κ2) is 6.23. The minimum absolute atomic E-state index is 0.0146. The van der Waals surface area contributed by atoms with E-state index in [1.807, 2.05) is 49.2 Å². The molecular weight excluding hydrogens is 368 g/mol. The average molecular weight is 384 g/mol. The first-order valence-electron chi connectivity index (χ1n) is 8.96. The number of benzene rings is 1. The fourth-order valence-electron chi connectivity index (χ4n) is 3.57. The Balaban J connectivity index is 1.79. The predicted molar refractivity (Wildman–Crippen MR) is 108 cm³/mol. The Morgan fingerprint density at radius 2 is 1.93 bits per heavy atom. The largest absolute Gasteiger partial charge is 0.477 e. The van der Waals surface area contributed by atoms with Gasteiger partial charge in [0.1, 0.15) is 11.4 Å². The van der Waals surface area contributed by atoms with Gasteiger partial charge in [-0.15, -0.1) is 0 Å². The second-order valence-corrected chi connectivity index (χ2v) is 6.84. The number of nitrogens with zero attached hydrogens (tertiary/aromatic N) is 6. The van der Waals surface area contributed by atoms with E-state index in [0.29, 0.717) is 11.2 Å². The van der Waals surface area contributed by atoms with E-state index < -0.39 is 5.97 Å². The molecule has 5 rings (SSSR count). The third-order valence-corrected chi connectivity index (χ3v) is 4.91. The zero-order chi connectivity index (χ0) is 20.1. The first kappa shape index (κ1) is 17.1. The quantitative estimate of drug-likeness (QED) is 0.512. The highest BCUT2D eigenvalue weighted by Gasteiger charge is 2.17. The Labute approximate surface area is 165 Å². The number of hydrogen-bond acceptors (Lipinski definition) is 5. The number of aryl methyl sites for hydroxylation is 2. The molecule has 5 aromatic rings. The van der Waals surface area contributed by atoms with Crippen molar-refractivity contribution in [2.75, 3.05) is 0 Å².